The molecule has 3 N–H and O–H groups in total. The monoisotopic (exact) mass is 343 g/mol. The smallest absolute Gasteiger partial charge is 0.419 e. The average molecular weight is 343 g/mol. The number of alkyl halides is 3. The molecule has 0 fully saturated rings. The summed E-state index contributed by atoms with van der Waals surface area (Å²) in [5.41, 5.74) is 3.68. The number of carbonyl (C=O) groups excluding carboxylic acids is 1. The summed E-state index contributed by atoms with van der Waals surface area (Å²) >= 11 is 0. The number of alkyl carbamates (subject to hydrolysis) is 1. The van der Waals surface area contributed by atoms with E-state index in [1.165, 1.54) is 6.20 Å². The number of nitrogens with one attached hydrogen (secondary N) is 1. The zero-order chi connectivity index (χ0) is 18.5. The van der Waals surface area contributed by atoms with Gasteiger partial charge >= 0.3 is 12.3 Å². The van der Waals surface area contributed by atoms with E-state index in [1.807, 2.05) is 0 Å². The molecule has 1 aromatic rings. The Morgan fingerprint density at radius 3 is 2.58 bits per heavy atom. The molecule has 24 heavy (non-hydrogen) atoms. The summed E-state index contributed by atoms with van der Waals surface area (Å²) in [5.74, 6) is 4.69. The van der Waals surface area contributed by atoms with Gasteiger partial charge in [0.2, 0.25) is 0 Å². The van der Waals surface area contributed by atoms with Gasteiger partial charge in [-0.1, -0.05) is 11.8 Å². The first-order chi connectivity index (χ1) is 10.9. The van der Waals surface area contributed by atoms with Crippen LogP contribution in [0.2, 0.25) is 0 Å². The average Bonchev–Trinajstić information content (AvgIpc) is 2.36. The van der Waals surface area contributed by atoms with Gasteiger partial charge in [-0.2, -0.15) is 13.2 Å². The molecule has 5 nitrogen and oxygen atoms in total. The first-order valence-electron chi connectivity index (χ1n) is 7.19. The Hall–Kier alpha value is -2.43. The van der Waals surface area contributed by atoms with Crippen molar-refractivity contribution < 1.29 is 22.7 Å². The van der Waals surface area contributed by atoms with Gasteiger partial charge < -0.3 is 15.8 Å². The van der Waals surface area contributed by atoms with E-state index >= 15 is 0 Å². The Morgan fingerprint density at radius 2 is 2.04 bits per heavy atom. The van der Waals surface area contributed by atoms with Gasteiger partial charge in [0.15, 0.2) is 0 Å². The molecule has 132 valence electrons. The Balaban J connectivity index is 2.68. The van der Waals surface area contributed by atoms with Gasteiger partial charge in [-0.05, 0) is 33.8 Å². The van der Waals surface area contributed by atoms with E-state index in [0.29, 0.717) is 0 Å². The van der Waals surface area contributed by atoms with Gasteiger partial charge in [-0.25, -0.2) is 9.78 Å². The number of anilines is 1. The van der Waals surface area contributed by atoms with E-state index in [2.05, 4.69) is 22.1 Å². The first-order valence-corrected chi connectivity index (χ1v) is 7.19. The lowest BCUT2D eigenvalue weighted by Gasteiger charge is -2.21. The summed E-state index contributed by atoms with van der Waals surface area (Å²) in [6.07, 6.45) is -3.75. The molecule has 1 aromatic heterocycles. The molecule has 0 spiro atoms. The van der Waals surface area contributed by atoms with E-state index in [1.54, 1.807) is 27.7 Å². The fourth-order valence-electron chi connectivity index (χ4n) is 1.64. The number of pyridine rings is 1. The molecule has 1 rings (SSSR count). The highest BCUT2D eigenvalue weighted by Crippen LogP contribution is 2.32. The SMILES string of the molecule is C[C@@H](CC#Cc1cnc(N)c(C(F)(F)F)c1)NC(=O)OC(C)(C)C. The standard InChI is InChI=1S/C16H20F3N3O2/c1-10(22-14(23)24-15(2,3)4)6-5-7-11-8-12(16(17,18)19)13(20)21-9-11/h8-10H,6H2,1-4H3,(H2,20,21)(H,22,23)/t10-/m0/s1. The number of nitrogen functional groups attached to an aromatic ring is 1. The van der Waals surface area contributed by atoms with Crippen molar-refractivity contribution in [3.63, 3.8) is 0 Å². The maximum Gasteiger partial charge on any atom is 0.419 e. The van der Waals surface area contributed by atoms with E-state index in [9.17, 15) is 18.0 Å². The Bertz CT molecular complexity index is 655. The summed E-state index contributed by atoms with van der Waals surface area (Å²) < 4.78 is 43.3. The van der Waals surface area contributed by atoms with Crippen molar-refractivity contribution >= 4 is 11.9 Å². The van der Waals surface area contributed by atoms with Crippen molar-refractivity contribution in [3.8, 4) is 11.8 Å². The number of hydrogen-bond acceptors (Lipinski definition) is 4. The quantitative estimate of drug-likeness (QED) is 0.808. The van der Waals surface area contributed by atoms with Crippen LogP contribution in [0.25, 0.3) is 0 Å². The Morgan fingerprint density at radius 1 is 1.42 bits per heavy atom. The number of hydrogen-bond donors (Lipinski definition) is 2. The lowest BCUT2D eigenvalue weighted by Crippen LogP contribution is -2.37. The fourth-order valence-corrected chi connectivity index (χ4v) is 1.64. The van der Waals surface area contributed by atoms with Crippen LogP contribution in [0.15, 0.2) is 12.3 Å². The van der Waals surface area contributed by atoms with Crippen LogP contribution in [0.3, 0.4) is 0 Å². The maximum atomic E-state index is 12.7. The van der Waals surface area contributed by atoms with Crippen LogP contribution in [-0.4, -0.2) is 22.7 Å². The van der Waals surface area contributed by atoms with Crippen LogP contribution < -0.4 is 11.1 Å². The highest BCUT2D eigenvalue weighted by Gasteiger charge is 2.33. The second-order valence-electron chi connectivity index (χ2n) is 6.21. The first kappa shape index (κ1) is 19.6. The molecule has 0 bridgehead atoms. The molecule has 1 atom stereocenters. The van der Waals surface area contributed by atoms with Crippen molar-refractivity contribution in [2.45, 2.75) is 51.9 Å². The van der Waals surface area contributed by atoms with E-state index in [4.69, 9.17) is 10.5 Å². The zero-order valence-electron chi connectivity index (χ0n) is 13.9. The molecule has 0 saturated heterocycles. The van der Waals surface area contributed by atoms with Crippen LogP contribution in [-0.2, 0) is 10.9 Å². The second-order valence-corrected chi connectivity index (χ2v) is 6.21. The van der Waals surface area contributed by atoms with Crippen molar-refractivity contribution in [2.24, 2.45) is 0 Å². The normalized spacial score (nSPS) is 12.8. The summed E-state index contributed by atoms with van der Waals surface area (Å²) in [6, 6.07) is 0.526. The number of nitrogens with two attached hydrogens (primary N) is 1. The minimum atomic E-state index is -4.58. The van der Waals surface area contributed by atoms with Crippen LogP contribution in [0.4, 0.5) is 23.8 Å². The molecular formula is C16H20F3N3O2. The van der Waals surface area contributed by atoms with Gasteiger partial charge in [-0.3, -0.25) is 0 Å². The predicted octanol–water partition coefficient (Wildman–Crippen LogP) is 3.34. The van der Waals surface area contributed by atoms with Gasteiger partial charge in [-0.15, -0.1) is 0 Å². The van der Waals surface area contributed by atoms with Crippen molar-refractivity contribution in [2.75, 3.05) is 5.73 Å². The molecular weight excluding hydrogens is 323 g/mol. The molecule has 0 aliphatic heterocycles. The number of carbonyl (C=O) groups is 1. The van der Waals surface area contributed by atoms with E-state index in [0.717, 1.165) is 6.07 Å². The van der Waals surface area contributed by atoms with Gasteiger partial charge in [0.25, 0.3) is 0 Å². The van der Waals surface area contributed by atoms with Crippen LogP contribution in [0, 0.1) is 11.8 Å². The Kier molecular flexibility index (Phi) is 6.07. The van der Waals surface area contributed by atoms with Crippen LogP contribution >= 0.6 is 0 Å². The number of nitrogens with zero attached hydrogens (tertiary/aromatic N) is 1. The summed E-state index contributed by atoms with van der Waals surface area (Å²) in [6.45, 7) is 6.93. The lowest BCUT2D eigenvalue weighted by atomic mass is 10.1. The summed E-state index contributed by atoms with van der Waals surface area (Å²) in [5, 5.41) is 2.59. The van der Waals surface area contributed by atoms with E-state index < -0.39 is 29.3 Å². The maximum absolute atomic E-state index is 12.7. The number of amides is 1. The molecule has 0 aliphatic rings. The lowest BCUT2D eigenvalue weighted by molar-refractivity contribution is -0.137. The molecule has 1 heterocycles. The third kappa shape index (κ3) is 6.77. The molecule has 1 amide bonds. The van der Waals surface area contributed by atoms with Crippen molar-refractivity contribution in [3.05, 3.63) is 23.4 Å². The summed E-state index contributed by atoms with van der Waals surface area (Å²) in [4.78, 5) is 15.1. The number of halogens is 3. The predicted molar refractivity (Wildman–Crippen MR) is 84.0 cm³/mol. The Labute approximate surface area is 138 Å². The van der Waals surface area contributed by atoms with Crippen molar-refractivity contribution in [1.82, 2.24) is 10.3 Å². The van der Waals surface area contributed by atoms with Gasteiger partial charge in [0.1, 0.15) is 11.4 Å². The number of rotatable bonds is 2. The van der Waals surface area contributed by atoms with Gasteiger partial charge in [0, 0.05) is 24.2 Å². The molecule has 0 saturated carbocycles. The fraction of sp³-hybridized carbons (Fsp3) is 0.500. The minimum absolute atomic E-state index is 0.0981. The summed E-state index contributed by atoms with van der Waals surface area (Å²) in [7, 11) is 0. The van der Waals surface area contributed by atoms with Gasteiger partial charge in [0.05, 0.1) is 5.56 Å². The van der Waals surface area contributed by atoms with E-state index in [-0.39, 0.29) is 18.0 Å². The molecule has 0 unspecified atom stereocenters. The third-order valence-electron chi connectivity index (χ3n) is 2.63. The molecule has 0 aromatic carbocycles. The molecule has 0 aliphatic carbocycles. The highest BCUT2D eigenvalue weighted by molar-refractivity contribution is 5.68. The number of ether oxygens (including phenoxy) is 1. The van der Waals surface area contributed by atoms with Crippen LogP contribution in [0.1, 0.15) is 45.2 Å². The molecule has 8 heteroatoms. The minimum Gasteiger partial charge on any atom is -0.444 e. The van der Waals surface area contributed by atoms with Crippen LogP contribution in [0.5, 0.6) is 0 Å². The third-order valence-corrected chi connectivity index (χ3v) is 2.63. The second kappa shape index (κ2) is 7.43. The zero-order valence-corrected chi connectivity index (χ0v) is 13.9. The number of aromatic nitrogens is 1. The topological polar surface area (TPSA) is 77.2 Å². The molecule has 0 radical (unpaired) electrons. The largest absolute Gasteiger partial charge is 0.444 e. The highest BCUT2D eigenvalue weighted by atomic mass is 19.4. The van der Waals surface area contributed by atoms with Crippen molar-refractivity contribution in [1.29, 1.82) is 0 Å².